The Labute approximate surface area is 138 Å². The van der Waals surface area contributed by atoms with Crippen LogP contribution in [0.3, 0.4) is 0 Å². The number of Topliss-reactive ketones (excluding diaryl/α,β-unsaturated/α-hetero) is 1. The molecule has 0 saturated heterocycles. The quantitative estimate of drug-likeness (QED) is 0.662. The van der Waals surface area contributed by atoms with Crippen LogP contribution in [0.2, 0.25) is 10.0 Å². The molecule has 0 aliphatic rings. The molecule has 0 aliphatic carbocycles. The molecule has 0 fully saturated rings. The Bertz CT molecular complexity index is 729. The molecule has 2 aromatic carbocycles. The van der Waals surface area contributed by atoms with E-state index in [1.54, 1.807) is 18.2 Å². The summed E-state index contributed by atoms with van der Waals surface area (Å²) in [5.41, 5.74) is 1.09. The highest BCUT2D eigenvalue weighted by molar-refractivity contribution is 6.36. The fourth-order valence-corrected chi connectivity index (χ4v) is 2.23. The van der Waals surface area contributed by atoms with Crippen molar-refractivity contribution in [2.24, 2.45) is 4.99 Å². The van der Waals surface area contributed by atoms with E-state index in [1.165, 1.54) is 31.5 Å². The molecule has 2 rings (SSSR count). The predicted octanol–water partition coefficient (Wildman–Crippen LogP) is 4.01. The number of benzene rings is 2. The zero-order chi connectivity index (χ0) is 16.1. The highest BCUT2D eigenvalue weighted by Gasteiger charge is 2.09. The third kappa shape index (κ3) is 4.00. The van der Waals surface area contributed by atoms with Crippen LogP contribution in [0.15, 0.2) is 41.4 Å². The lowest BCUT2D eigenvalue weighted by molar-refractivity contribution is 0.100. The van der Waals surface area contributed by atoms with Crippen molar-refractivity contribution in [1.29, 1.82) is 0 Å². The van der Waals surface area contributed by atoms with Gasteiger partial charge >= 0.3 is 0 Å². The molecule has 0 unspecified atom stereocenters. The Morgan fingerprint density at radius 2 is 2.05 bits per heavy atom. The maximum absolute atomic E-state index is 12.0. The lowest BCUT2D eigenvalue weighted by Crippen LogP contribution is -2.04. The number of nitrogens with zero attached hydrogens (tertiary/aromatic N) is 1. The third-order valence-electron chi connectivity index (χ3n) is 2.93. The normalized spacial score (nSPS) is 10.9. The molecule has 0 bridgehead atoms. The molecule has 0 saturated carbocycles. The summed E-state index contributed by atoms with van der Waals surface area (Å²) in [6.45, 7) is -0.0348. The number of hydrogen-bond donors (Lipinski definition) is 1. The van der Waals surface area contributed by atoms with Crippen molar-refractivity contribution < 1.29 is 14.6 Å². The molecule has 1 N–H and O–H groups in total. The van der Waals surface area contributed by atoms with Crippen molar-refractivity contribution in [1.82, 2.24) is 0 Å². The Hall–Kier alpha value is -2.04. The van der Waals surface area contributed by atoms with Crippen LogP contribution < -0.4 is 4.74 Å². The van der Waals surface area contributed by atoms with Crippen molar-refractivity contribution in [2.75, 3.05) is 13.7 Å². The van der Waals surface area contributed by atoms with E-state index in [1.807, 2.05) is 0 Å². The van der Waals surface area contributed by atoms with Gasteiger partial charge in [0.25, 0.3) is 0 Å². The first-order chi connectivity index (χ1) is 10.5. The van der Waals surface area contributed by atoms with E-state index in [0.29, 0.717) is 21.2 Å². The Kier molecular flexibility index (Phi) is 5.41. The zero-order valence-corrected chi connectivity index (χ0v) is 13.2. The van der Waals surface area contributed by atoms with Gasteiger partial charge in [0.1, 0.15) is 6.54 Å². The number of halogens is 2. The van der Waals surface area contributed by atoms with Gasteiger partial charge < -0.3 is 9.84 Å². The highest BCUT2D eigenvalue weighted by Crippen LogP contribution is 2.26. The molecule has 4 nitrogen and oxygen atoms in total. The minimum absolute atomic E-state index is 0.0181. The fraction of sp³-hybridized carbons (Fsp3) is 0.125. The van der Waals surface area contributed by atoms with Gasteiger partial charge in [0.2, 0.25) is 0 Å². The average molecular weight is 338 g/mol. The van der Waals surface area contributed by atoms with Crippen LogP contribution in [0.4, 0.5) is 0 Å². The molecule has 0 aliphatic heterocycles. The van der Waals surface area contributed by atoms with Gasteiger partial charge in [-0.25, -0.2) is 0 Å². The number of methoxy groups -OCH3 is 1. The van der Waals surface area contributed by atoms with Crippen LogP contribution in [-0.4, -0.2) is 30.8 Å². The first-order valence-corrected chi connectivity index (χ1v) is 7.12. The van der Waals surface area contributed by atoms with Gasteiger partial charge in [0, 0.05) is 22.4 Å². The zero-order valence-electron chi connectivity index (χ0n) is 11.7. The maximum Gasteiger partial charge on any atom is 0.184 e. The largest absolute Gasteiger partial charge is 0.504 e. The van der Waals surface area contributed by atoms with Gasteiger partial charge in [-0.15, -0.1) is 0 Å². The molecule has 22 heavy (non-hydrogen) atoms. The van der Waals surface area contributed by atoms with Gasteiger partial charge in [-0.3, -0.25) is 9.79 Å². The van der Waals surface area contributed by atoms with E-state index in [4.69, 9.17) is 27.9 Å². The van der Waals surface area contributed by atoms with Crippen molar-refractivity contribution in [3.05, 3.63) is 57.6 Å². The van der Waals surface area contributed by atoms with Crippen LogP contribution in [0.25, 0.3) is 0 Å². The Balaban J connectivity index is 2.07. The number of ether oxygens (including phenoxy) is 1. The van der Waals surface area contributed by atoms with E-state index in [-0.39, 0.29) is 23.8 Å². The molecule has 0 amide bonds. The summed E-state index contributed by atoms with van der Waals surface area (Å²) in [5.74, 6) is 0.0331. The fourth-order valence-electron chi connectivity index (χ4n) is 1.78. The lowest BCUT2D eigenvalue weighted by atomic mass is 10.1. The topological polar surface area (TPSA) is 58.9 Å². The van der Waals surface area contributed by atoms with Crippen LogP contribution in [0.5, 0.6) is 11.5 Å². The number of aliphatic imine (C=N–C) groups is 1. The monoisotopic (exact) mass is 337 g/mol. The smallest absolute Gasteiger partial charge is 0.184 e. The number of ketones is 1. The van der Waals surface area contributed by atoms with Gasteiger partial charge in [0.15, 0.2) is 17.3 Å². The van der Waals surface area contributed by atoms with Gasteiger partial charge in [-0.05, 0) is 30.3 Å². The second kappa shape index (κ2) is 7.29. The summed E-state index contributed by atoms with van der Waals surface area (Å²) >= 11 is 11.8. The van der Waals surface area contributed by atoms with E-state index in [2.05, 4.69) is 4.99 Å². The van der Waals surface area contributed by atoms with E-state index in [9.17, 15) is 9.90 Å². The number of rotatable bonds is 5. The van der Waals surface area contributed by atoms with Gasteiger partial charge in [-0.1, -0.05) is 29.3 Å². The molecule has 114 valence electrons. The summed E-state index contributed by atoms with van der Waals surface area (Å²) < 4.78 is 4.97. The minimum atomic E-state index is -0.195. The van der Waals surface area contributed by atoms with Crippen LogP contribution in [-0.2, 0) is 0 Å². The molecule has 0 aromatic heterocycles. The number of carbonyl (C=O) groups excluding carboxylic acids is 1. The SMILES string of the molecule is COc1cc(C(=O)CN=Cc2ccc(Cl)cc2Cl)ccc1O. The molecule has 6 heteroatoms. The summed E-state index contributed by atoms with van der Waals surface area (Å²) in [5, 5.41) is 10.5. The lowest BCUT2D eigenvalue weighted by Gasteiger charge is -2.05. The van der Waals surface area contributed by atoms with Crippen LogP contribution in [0, 0.1) is 0 Å². The molecule has 0 heterocycles. The van der Waals surface area contributed by atoms with E-state index >= 15 is 0 Å². The predicted molar refractivity (Wildman–Crippen MR) is 87.9 cm³/mol. The Morgan fingerprint density at radius 3 is 2.73 bits per heavy atom. The van der Waals surface area contributed by atoms with Gasteiger partial charge in [-0.2, -0.15) is 0 Å². The third-order valence-corrected chi connectivity index (χ3v) is 3.49. The molecular weight excluding hydrogens is 325 g/mol. The highest BCUT2D eigenvalue weighted by atomic mass is 35.5. The number of aromatic hydroxyl groups is 1. The molecule has 0 spiro atoms. The summed E-state index contributed by atoms with van der Waals surface area (Å²) in [6.07, 6.45) is 1.52. The van der Waals surface area contributed by atoms with E-state index in [0.717, 1.165) is 0 Å². The van der Waals surface area contributed by atoms with E-state index < -0.39 is 0 Å². The molecule has 2 aromatic rings. The number of carbonyl (C=O) groups is 1. The molecule has 0 atom stereocenters. The van der Waals surface area contributed by atoms with Gasteiger partial charge in [0.05, 0.1) is 12.1 Å². The standard InChI is InChI=1S/C16H13Cl2NO3/c1-22-16-6-10(3-5-14(16)20)15(21)9-19-8-11-2-4-12(17)7-13(11)18/h2-8,20H,9H2,1H3. The molecule has 0 radical (unpaired) electrons. The number of hydrogen-bond acceptors (Lipinski definition) is 4. The van der Waals surface area contributed by atoms with Crippen LogP contribution >= 0.6 is 23.2 Å². The summed E-state index contributed by atoms with van der Waals surface area (Å²) in [6, 6.07) is 9.43. The first kappa shape index (κ1) is 16.3. The Morgan fingerprint density at radius 1 is 1.27 bits per heavy atom. The summed E-state index contributed by atoms with van der Waals surface area (Å²) in [7, 11) is 1.42. The number of phenolic OH excluding ortho intramolecular Hbond substituents is 1. The first-order valence-electron chi connectivity index (χ1n) is 6.36. The van der Waals surface area contributed by atoms with Crippen molar-refractivity contribution >= 4 is 35.2 Å². The van der Waals surface area contributed by atoms with Crippen molar-refractivity contribution in [3.8, 4) is 11.5 Å². The van der Waals surface area contributed by atoms with Crippen molar-refractivity contribution in [3.63, 3.8) is 0 Å². The second-order valence-corrected chi connectivity index (χ2v) is 5.29. The van der Waals surface area contributed by atoms with Crippen LogP contribution in [0.1, 0.15) is 15.9 Å². The molecular formula is C16H13Cl2NO3. The minimum Gasteiger partial charge on any atom is -0.504 e. The average Bonchev–Trinajstić information content (AvgIpc) is 2.49. The maximum atomic E-state index is 12.0. The van der Waals surface area contributed by atoms with Crippen molar-refractivity contribution in [2.45, 2.75) is 0 Å². The summed E-state index contributed by atoms with van der Waals surface area (Å²) in [4.78, 5) is 16.1. The number of phenols is 1. The second-order valence-electron chi connectivity index (χ2n) is 4.45.